The number of ether oxygens (including phenoxy) is 2. The number of nitrogens with zero attached hydrogens (tertiary/aromatic N) is 2. The molecule has 4 heterocycles. The lowest BCUT2D eigenvalue weighted by Gasteiger charge is -2.34. The van der Waals surface area contributed by atoms with Crippen molar-refractivity contribution in [1.29, 1.82) is 0 Å². The van der Waals surface area contributed by atoms with Crippen molar-refractivity contribution >= 4 is 29.0 Å². The third-order valence-corrected chi connectivity index (χ3v) is 8.70. The van der Waals surface area contributed by atoms with E-state index in [2.05, 4.69) is 56.5 Å². The second kappa shape index (κ2) is 11.2. The molecule has 0 radical (unpaired) electrons. The Morgan fingerprint density at radius 3 is 2.64 bits per heavy atom. The summed E-state index contributed by atoms with van der Waals surface area (Å²) in [6, 6.07) is 16.2. The number of hydrogen-bond donors (Lipinski definition) is 2. The van der Waals surface area contributed by atoms with E-state index in [1.54, 1.807) is 17.8 Å². The minimum Gasteiger partial charge on any atom is -0.378 e. The zero-order chi connectivity index (χ0) is 26.9. The van der Waals surface area contributed by atoms with Gasteiger partial charge in [-0.25, -0.2) is 0 Å². The highest BCUT2D eigenvalue weighted by Crippen LogP contribution is 2.45. The summed E-state index contributed by atoms with van der Waals surface area (Å²) in [4.78, 5) is 35.1. The molecule has 2 N–H and O–H groups in total. The summed E-state index contributed by atoms with van der Waals surface area (Å²) in [5, 5.41) is 3.09. The third kappa shape index (κ3) is 5.91. The molecule has 39 heavy (non-hydrogen) atoms. The average molecular weight is 547 g/mol. The molecule has 6 rings (SSSR count). The SMILES string of the molecule is C[C@@H]1CN(CC(=O)Nc2ccc3c(c2)Cc2cccc(-c4cc(N5CCOCC5)cc(=O)[nH]4)c2S3)C[C@H](C)O1. The second-order valence-electron chi connectivity index (χ2n) is 10.6. The van der Waals surface area contributed by atoms with E-state index in [-0.39, 0.29) is 23.7 Å². The number of amides is 1. The fourth-order valence-corrected chi connectivity index (χ4v) is 6.94. The summed E-state index contributed by atoms with van der Waals surface area (Å²) in [7, 11) is 0. The van der Waals surface area contributed by atoms with Crippen molar-refractivity contribution in [3.63, 3.8) is 0 Å². The van der Waals surface area contributed by atoms with Gasteiger partial charge < -0.3 is 24.7 Å². The van der Waals surface area contributed by atoms with Gasteiger partial charge in [-0.2, -0.15) is 0 Å². The number of benzene rings is 2. The van der Waals surface area contributed by atoms with E-state index in [0.29, 0.717) is 19.8 Å². The van der Waals surface area contributed by atoms with Gasteiger partial charge in [-0.05, 0) is 55.7 Å². The average Bonchev–Trinajstić information content (AvgIpc) is 2.91. The Morgan fingerprint density at radius 1 is 1.05 bits per heavy atom. The van der Waals surface area contributed by atoms with Crippen LogP contribution in [-0.2, 0) is 20.7 Å². The van der Waals surface area contributed by atoms with Crippen molar-refractivity contribution in [3.05, 3.63) is 70.0 Å². The highest BCUT2D eigenvalue weighted by atomic mass is 32.2. The van der Waals surface area contributed by atoms with Gasteiger partial charge in [0.05, 0.1) is 37.7 Å². The molecule has 2 fully saturated rings. The van der Waals surface area contributed by atoms with Gasteiger partial charge in [0.1, 0.15) is 0 Å². The van der Waals surface area contributed by atoms with Crippen LogP contribution in [0.1, 0.15) is 25.0 Å². The van der Waals surface area contributed by atoms with Crippen LogP contribution in [0.15, 0.2) is 63.1 Å². The van der Waals surface area contributed by atoms with Crippen molar-refractivity contribution in [2.75, 3.05) is 56.2 Å². The number of aromatic nitrogens is 1. The van der Waals surface area contributed by atoms with Gasteiger partial charge in [-0.3, -0.25) is 14.5 Å². The van der Waals surface area contributed by atoms with Crippen LogP contribution in [0.2, 0.25) is 0 Å². The number of fused-ring (bicyclic) bond motifs is 2. The van der Waals surface area contributed by atoms with Gasteiger partial charge >= 0.3 is 0 Å². The quantitative estimate of drug-likeness (QED) is 0.392. The van der Waals surface area contributed by atoms with Crippen molar-refractivity contribution in [3.8, 4) is 11.3 Å². The first-order chi connectivity index (χ1) is 18.9. The van der Waals surface area contributed by atoms with Crippen molar-refractivity contribution in [1.82, 2.24) is 9.88 Å². The van der Waals surface area contributed by atoms with Gasteiger partial charge in [-0.15, -0.1) is 0 Å². The number of pyridine rings is 1. The number of morpholine rings is 2. The number of anilines is 2. The zero-order valence-electron chi connectivity index (χ0n) is 22.4. The molecule has 0 bridgehead atoms. The molecule has 204 valence electrons. The smallest absolute Gasteiger partial charge is 0.250 e. The highest BCUT2D eigenvalue weighted by molar-refractivity contribution is 7.99. The number of nitrogens with one attached hydrogen (secondary N) is 2. The van der Waals surface area contributed by atoms with Crippen LogP contribution in [0.25, 0.3) is 11.3 Å². The summed E-state index contributed by atoms with van der Waals surface area (Å²) in [6.07, 6.45) is 1.03. The normalized spacial score (nSPS) is 21.2. The molecule has 2 atom stereocenters. The fourth-order valence-electron chi connectivity index (χ4n) is 5.76. The number of H-pyrrole nitrogens is 1. The van der Waals surface area contributed by atoms with Crippen molar-refractivity contribution in [2.24, 2.45) is 0 Å². The van der Waals surface area contributed by atoms with E-state index in [4.69, 9.17) is 9.47 Å². The molecular weight excluding hydrogens is 512 g/mol. The Balaban J connectivity index is 1.20. The number of carbonyl (C=O) groups is 1. The molecule has 1 aromatic heterocycles. The lowest BCUT2D eigenvalue weighted by Crippen LogP contribution is -2.48. The van der Waals surface area contributed by atoms with E-state index >= 15 is 0 Å². The molecule has 3 aliphatic rings. The Morgan fingerprint density at radius 2 is 1.85 bits per heavy atom. The van der Waals surface area contributed by atoms with Crippen molar-refractivity contribution in [2.45, 2.75) is 42.3 Å². The monoisotopic (exact) mass is 546 g/mol. The third-order valence-electron chi connectivity index (χ3n) is 7.39. The number of hydrogen-bond acceptors (Lipinski definition) is 7. The highest BCUT2D eigenvalue weighted by Gasteiger charge is 2.25. The summed E-state index contributed by atoms with van der Waals surface area (Å²) in [5.74, 6) is -0.00787. The molecule has 8 nitrogen and oxygen atoms in total. The van der Waals surface area contributed by atoms with Crippen LogP contribution in [-0.4, -0.2) is 73.9 Å². The van der Waals surface area contributed by atoms with Gasteiger partial charge in [-0.1, -0.05) is 30.0 Å². The molecule has 9 heteroatoms. The molecule has 0 spiro atoms. The maximum Gasteiger partial charge on any atom is 0.250 e. The van der Waals surface area contributed by atoms with E-state index in [9.17, 15) is 9.59 Å². The maximum absolute atomic E-state index is 12.8. The van der Waals surface area contributed by atoms with Crippen LogP contribution in [0.4, 0.5) is 11.4 Å². The van der Waals surface area contributed by atoms with E-state index in [0.717, 1.165) is 65.0 Å². The predicted molar refractivity (Wildman–Crippen MR) is 154 cm³/mol. The summed E-state index contributed by atoms with van der Waals surface area (Å²) >= 11 is 1.72. The molecule has 0 saturated carbocycles. The largest absolute Gasteiger partial charge is 0.378 e. The summed E-state index contributed by atoms with van der Waals surface area (Å²) in [6.45, 7) is 8.87. The number of carbonyl (C=O) groups excluding carboxylic acids is 1. The topological polar surface area (TPSA) is 86.9 Å². The fraction of sp³-hybridized carbons (Fsp3) is 0.400. The second-order valence-corrected chi connectivity index (χ2v) is 11.7. The Kier molecular flexibility index (Phi) is 7.49. The molecule has 1 amide bonds. The Labute approximate surface area is 232 Å². The lowest BCUT2D eigenvalue weighted by molar-refractivity contribution is -0.121. The van der Waals surface area contributed by atoms with Crippen LogP contribution in [0.3, 0.4) is 0 Å². The van der Waals surface area contributed by atoms with E-state index < -0.39 is 0 Å². The van der Waals surface area contributed by atoms with Crippen LogP contribution in [0.5, 0.6) is 0 Å². The predicted octanol–water partition coefficient (Wildman–Crippen LogP) is 3.98. The van der Waals surface area contributed by atoms with Gasteiger partial charge in [0, 0.05) is 59.0 Å². The van der Waals surface area contributed by atoms with Crippen LogP contribution >= 0.6 is 11.8 Å². The minimum absolute atomic E-state index is 0.00787. The van der Waals surface area contributed by atoms with E-state index in [1.807, 2.05) is 19.9 Å². The lowest BCUT2D eigenvalue weighted by atomic mass is 9.99. The molecule has 2 aromatic carbocycles. The van der Waals surface area contributed by atoms with E-state index in [1.165, 1.54) is 11.1 Å². The number of rotatable bonds is 5. The first-order valence-corrected chi connectivity index (χ1v) is 14.4. The zero-order valence-corrected chi connectivity index (χ0v) is 23.2. The van der Waals surface area contributed by atoms with Gasteiger partial charge in [0.2, 0.25) is 11.5 Å². The first kappa shape index (κ1) is 26.1. The maximum atomic E-state index is 12.8. The number of aromatic amines is 1. The summed E-state index contributed by atoms with van der Waals surface area (Å²) < 4.78 is 11.3. The summed E-state index contributed by atoms with van der Waals surface area (Å²) in [5.41, 5.74) is 5.89. The standard InChI is InChI=1S/C30H34N4O4S/c1-19-16-33(17-20(2)38-19)18-29(36)31-23-6-7-27-22(13-23)12-21-4-3-5-25(30(21)39-27)26-14-24(15-28(35)32-26)34-8-10-37-11-9-34/h3-7,13-15,19-20H,8-12,16-18H2,1-2H3,(H,31,36)(H,32,35)/t19-,20+. The van der Waals surface area contributed by atoms with Crippen LogP contribution in [0, 0.1) is 0 Å². The van der Waals surface area contributed by atoms with Crippen molar-refractivity contribution < 1.29 is 14.3 Å². The molecule has 2 saturated heterocycles. The Bertz CT molecular complexity index is 1420. The van der Waals surface area contributed by atoms with Crippen LogP contribution < -0.4 is 15.8 Å². The van der Waals surface area contributed by atoms with Gasteiger partial charge in [0.25, 0.3) is 0 Å². The Hall–Kier alpha value is -3.11. The molecule has 0 unspecified atom stereocenters. The van der Waals surface area contributed by atoms with Gasteiger partial charge in [0.15, 0.2) is 0 Å². The molecule has 3 aromatic rings. The molecule has 0 aliphatic carbocycles. The minimum atomic E-state index is -0.103. The first-order valence-electron chi connectivity index (χ1n) is 13.6. The molecule has 3 aliphatic heterocycles. The molecular formula is C30H34N4O4S.